The summed E-state index contributed by atoms with van der Waals surface area (Å²) in [6.07, 6.45) is 0.845. The number of amides is 1. The number of benzene rings is 1. The molecule has 100 valence electrons. The summed E-state index contributed by atoms with van der Waals surface area (Å²) in [6, 6.07) is 9.06. The molecular formula is C13H14ClN3OS. The lowest BCUT2D eigenvalue weighted by molar-refractivity contribution is 0.100. The van der Waals surface area contributed by atoms with E-state index in [4.69, 9.17) is 23.1 Å². The standard InChI is InChI=1S/C13H14ClN3OS/c14-11-5-4-8(19-11)6-7-17-10-3-1-2-9(12(10)15)13(16)18/h1-5,17H,6-7,15H2,(H2,16,18). The van der Waals surface area contributed by atoms with E-state index in [1.165, 1.54) is 4.88 Å². The quantitative estimate of drug-likeness (QED) is 0.742. The highest BCUT2D eigenvalue weighted by Gasteiger charge is 2.08. The molecule has 0 aliphatic rings. The van der Waals surface area contributed by atoms with Gasteiger partial charge in [0.1, 0.15) is 0 Å². The van der Waals surface area contributed by atoms with E-state index in [9.17, 15) is 4.79 Å². The maximum Gasteiger partial charge on any atom is 0.250 e. The van der Waals surface area contributed by atoms with Gasteiger partial charge in [0.25, 0.3) is 5.91 Å². The summed E-state index contributed by atoms with van der Waals surface area (Å²) >= 11 is 7.42. The molecule has 0 saturated carbocycles. The van der Waals surface area contributed by atoms with Gasteiger partial charge in [-0.05, 0) is 30.7 Å². The maximum atomic E-state index is 11.2. The normalized spacial score (nSPS) is 10.4. The van der Waals surface area contributed by atoms with Crippen LogP contribution in [0.25, 0.3) is 0 Å². The zero-order valence-electron chi connectivity index (χ0n) is 10.2. The summed E-state index contributed by atoms with van der Waals surface area (Å²) in [6.45, 7) is 0.712. The van der Waals surface area contributed by atoms with E-state index in [1.54, 1.807) is 23.5 Å². The summed E-state index contributed by atoms with van der Waals surface area (Å²) in [5, 5.41) is 3.20. The Labute approximate surface area is 120 Å². The molecule has 0 atom stereocenters. The molecule has 0 saturated heterocycles. The lowest BCUT2D eigenvalue weighted by atomic mass is 10.1. The van der Waals surface area contributed by atoms with Crippen LogP contribution >= 0.6 is 22.9 Å². The number of hydrogen-bond donors (Lipinski definition) is 3. The van der Waals surface area contributed by atoms with Crippen LogP contribution in [0.15, 0.2) is 30.3 Å². The molecular weight excluding hydrogens is 282 g/mol. The third-order valence-electron chi connectivity index (χ3n) is 2.69. The second-order valence-electron chi connectivity index (χ2n) is 4.01. The molecule has 0 spiro atoms. The Morgan fingerprint density at radius 2 is 2.11 bits per heavy atom. The second-order valence-corrected chi connectivity index (χ2v) is 5.81. The number of hydrogen-bond acceptors (Lipinski definition) is 4. The van der Waals surface area contributed by atoms with Gasteiger partial charge >= 0.3 is 0 Å². The van der Waals surface area contributed by atoms with E-state index < -0.39 is 5.91 Å². The van der Waals surface area contributed by atoms with Gasteiger partial charge in [-0.3, -0.25) is 4.79 Å². The average molecular weight is 296 g/mol. The van der Waals surface area contributed by atoms with Crippen LogP contribution < -0.4 is 16.8 Å². The van der Waals surface area contributed by atoms with E-state index >= 15 is 0 Å². The third kappa shape index (κ3) is 3.39. The Hall–Kier alpha value is -1.72. The van der Waals surface area contributed by atoms with Gasteiger partial charge in [-0.25, -0.2) is 0 Å². The van der Waals surface area contributed by atoms with Crippen molar-refractivity contribution in [1.82, 2.24) is 0 Å². The Balaban J connectivity index is 2.00. The minimum atomic E-state index is -0.522. The predicted molar refractivity (Wildman–Crippen MR) is 80.9 cm³/mol. The van der Waals surface area contributed by atoms with Crippen molar-refractivity contribution in [3.63, 3.8) is 0 Å². The van der Waals surface area contributed by atoms with Crippen LogP contribution in [0.3, 0.4) is 0 Å². The predicted octanol–water partition coefficient (Wildman–Crippen LogP) is 2.74. The van der Waals surface area contributed by atoms with E-state index in [2.05, 4.69) is 5.32 Å². The van der Waals surface area contributed by atoms with E-state index in [0.717, 1.165) is 16.4 Å². The number of nitrogens with two attached hydrogens (primary N) is 2. The molecule has 5 N–H and O–H groups in total. The Kier molecular flexibility index (Phi) is 4.29. The zero-order valence-corrected chi connectivity index (χ0v) is 11.7. The molecule has 1 heterocycles. The smallest absolute Gasteiger partial charge is 0.250 e. The van der Waals surface area contributed by atoms with Crippen LogP contribution in [-0.4, -0.2) is 12.5 Å². The summed E-state index contributed by atoms with van der Waals surface area (Å²) < 4.78 is 0.783. The number of carbonyl (C=O) groups is 1. The lowest BCUT2D eigenvalue weighted by Gasteiger charge is -2.10. The van der Waals surface area contributed by atoms with Crippen LogP contribution in [0.4, 0.5) is 11.4 Å². The van der Waals surface area contributed by atoms with Crippen LogP contribution in [0.2, 0.25) is 4.34 Å². The summed E-state index contributed by atoms with van der Waals surface area (Å²) in [5.74, 6) is -0.522. The number of anilines is 2. The Morgan fingerprint density at radius 1 is 1.32 bits per heavy atom. The minimum Gasteiger partial charge on any atom is -0.396 e. The molecule has 0 bridgehead atoms. The summed E-state index contributed by atoms with van der Waals surface area (Å²) in [5.41, 5.74) is 12.6. The highest BCUT2D eigenvalue weighted by Crippen LogP contribution is 2.24. The van der Waals surface area contributed by atoms with Gasteiger partial charge in [0.15, 0.2) is 0 Å². The van der Waals surface area contributed by atoms with Gasteiger partial charge in [-0.1, -0.05) is 17.7 Å². The molecule has 1 aromatic heterocycles. The fourth-order valence-corrected chi connectivity index (χ4v) is 2.83. The van der Waals surface area contributed by atoms with Crippen molar-refractivity contribution in [3.05, 3.63) is 45.1 Å². The maximum absolute atomic E-state index is 11.2. The van der Waals surface area contributed by atoms with Crippen molar-refractivity contribution < 1.29 is 4.79 Å². The number of primary amides is 1. The fraction of sp³-hybridized carbons (Fsp3) is 0.154. The van der Waals surface area contributed by atoms with Gasteiger partial charge in [0, 0.05) is 11.4 Å². The number of thiophene rings is 1. The molecule has 1 aromatic carbocycles. The largest absolute Gasteiger partial charge is 0.396 e. The topological polar surface area (TPSA) is 81.1 Å². The first-order valence-electron chi connectivity index (χ1n) is 5.74. The van der Waals surface area contributed by atoms with Crippen molar-refractivity contribution in [3.8, 4) is 0 Å². The van der Waals surface area contributed by atoms with Crippen LogP contribution in [0.5, 0.6) is 0 Å². The molecule has 0 fully saturated rings. The third-order valence-corrected chi connectivity index (χ3v) is 3.98. The molecule has 6 heteroatoms. The van der Waals surface area contributed by atoms with Crippen molar-refractivity contribution in [2.24, 2.45) is 5.73 Å². The number of nitrogen functional groups attached to an aromatic ring is 1. The fourth-order valence-electron chi connectivity index (χ4n) is 1.74. The Bertz CT molecular complexity index is 597. The van der Waals surface area contributed by atoms with E-state index in [0.29, 0.717) is 17.8 Å². The first kappa shape index (κ1) is 13.7. The van der Waals surface area contributed by atoms with Gasteiger partial charge in [-0.15, -0.1) is 11.3 Å². The second kappa shape index (κ2) is 5.95. The summed E-state index contributed by atoms with van der Waals surface area (Å²) in [7, 11) is 0. The molecule has 4 nitrogen and oxygen atoms in total. The Morgan fingerprint density at radius 3 is 2.74 bits per heavy atom. The molecule has 0 radical (unpaired) electrons. The molecule has 2 aromatic rings. The van der Waals surface area contributed by atoms with Gasteiger partial charge in [0.05, 0.1) is 21.3 Å². The zero-order chi connectivity index (χ0) is 13.8. The number of para-hydroxylation sites is 1. The molecule has 2 rings (SSSR count). The van der Waals surface area contributed by atoms with Gasteiger partial charge < -0.3 is 16.8 Å². The lowest BCUT2D eigenvalue weighted by Crippen LogP contribution is -2.15. The highest BCUT2D eigenvalue weighted by atomic mass is 35.5. The monoisotopic (exact) mass is 295 g/mol. The van der Waals surface area contributed by atoms with Gasteiger partial charge in [-0.2, -0.15) is 0 Å². The van der Waals surface area contributed by atoms with E-state index in [1.807, 2.05) is 18.2 Å². The average Bonchev–Trinajstić information content (AvgIpc) is 2.77. The van der Waals surface area contributed by atoms with Gasteiger partial charge in [0.2, 0.25) is 0 Å². The number of nitrogens with one attached hydrogen (secondary N) is 1. The minimum absolute atomic E-state index is 0.337. The number of rotatable bonds is 5. The van der Waals surface area contributed by atoms with Crippen LogP contribution in [0.1, 0.15) is 15.2 Å². The van der Waals surface area contributed by atoms with Crippen molar-refractivity contribution >= 4 is 40.2 Å². The van der Waals surface area contributed by atoms with E-state index in [-0.39, 0.29) is 0 Å². The first-order valence-corrected chi connectivity index (χ1v) is 6.93. The molecule has 0 unspecified atom stereocenters. The van der Waals surface area contributed by atoms with Crippen molar-refractivity contribution in [1.29, 1.82) is 0 Å². The molecule has 19 heavy (non-hydrogen) atoms. The molecule has 0 aliphatic heterocycles. The van der Waals surface area contributed by atoms with Crippen LogP contribution in [-0.2, 0) is 6.42 Å². The van der Waals surface area contributed by atoms with Crippen LogP contribution in [0, 0.1) is 0 Å². The molecule has 0 aliphatic carbocycles. The highest BCUT2D eigenvalue weighted by molar-refractivity contribution is 7.16. The van der Waals surface area contributed by atoms with Crippen molar-refractivity contribution in [2.75, 3.05) is 17.6 Å². The number of halogens is 1. The first-order chi connectivity index (χ1) is 9.08. The summed E-state index contributed by atoms with van der Waals surface area (Å²) in [4.78, 5) is 12.4. The van der Waals surface area contributed by atoms with Crippen molar-refractivity contribution in [2.45, 2.75) is 6.42 Å². The number of carbonyl (C=O) groups excluding carboxylic acids is 1. The molecule has 1 amide bonds. The SMILES string of the molecule is NC(=O)c1cccc(NCCc2ccc(Cl)s2)c1N.